The van der Waals surface area contributed by atoms with Crippen LogP contribution < -0.4 is 15.3 Å². The molecule has 162 valence electrons. The van der Waals surface area contributed by atoms with Gasteiger partial charge in [-0.2, -0.15) is 0 Å². The first kappa shape index (κ1) is 23.3. The van der Waals surface area contributed by atoms with Crippen molar-refractivity contribution in [1.82, 2.24) is 10.6 Å². The van der Waals surface area contributed by atoms with Crippen LogP contribution in [0.4, 0.5) is 0 Å². The van der Waals surface area contributed by atoms with Gasteiger partial charge in [0.05, 0.1) is 23.6 Å². The summed E-state index contributed by atoms with van der Waals surface area (Å²) < 4.78 is 12.6. The van der Waals surface area contributed by atoms with Crippen LogP contribution in [0, 0.1) is 5.92 Å². The normalized spacial score (nSPS) is 13.7. The van der Waals surface area contributed by atoms with Crippen LogP contribution in [0.5, 0.6) is 5.75 Å². The minimum absolute atomic E-state index is 0.206. The molecule has 10 heteroatoms. The van der Waals surface area contributed by atoms with Crippen molar-refractivity contribution in [3.05, 3.63) is 62.5 Å². The number of benzene rings is 2. The lowest BCUT2D eigenvalue weighted by Crippen LogP contribution is -2.55. The third-order valence-corrected chi connectivity index (χ3v) is 5.74. The second-order valence-corrected chi connectivity index (χ2v) is 9.27. The maximum atomic E-state index is 12.5. The third-order valence-electron chi connectivity index (χ3n) is 4.56. The van der Waals surface area contributed by atoms with Gasteiger partial charge in [-0.1, -0.05) is 41.9 Å². The molecular weight excluding hydrogens is 531 g/mol. The highest BCUT2D eigenvalue weighted by atomic mass is 79.9. The number of halogens is 2. The standard InChI is InChI=1S/C21H21BBr2N2O5/c1-12(2)9-18(22-30-17-6-4-3-5-14(17)21(29)31-22)26-19(27)11-25-20(28)15-10-13(23)7-8-16(15)24/h3-8,10,12,18H,9,11H2,1-2H3,(H,25,28)(H,26,27)/t18-/m0/s1. The predicted molar refractivity (Wildman–Crippen MR) is 124 cm³/mol. The number of amides is 2. The molecule has 1 heterocycles. The van der Waals surface area contributed by atoms with E-state index in [1.807, 2.05) is 13.8 Å². The van der Waals surface area contributed by atoms with E-state index in [4.69, 9.17) is 9.31 Å². The van der Waals surface area contributed by atoms with Crippen molar-refractivity contribution in [2.24, 2.45) is 5.92 Å². The lowest BCUT2D eigenvalue weighted by molar-refractivity contribution is -0.120. The molecule has 1 aliphatic rings. The first-order valence-corrected chi connectivity index (χ1v) is 11.3. The van der Waals surface area contributed by atoms with Crippen molar-refractivity contribution in [2.45, 2.75) is 26.2 Å². The van der Waals surface area contributed by atoms with Gasteiger partial charge in [-0.25, -0.2) is 4.79 Å². The molecule has 2 aromatic rings. The maximum absolute atomic E-state index is 12.5. The minimum Gasteiger partial charge on any atom is -0.524 e. The Hall–Kier alpha value is -2.33. The van der Waals surface area contributed by atoms with Crippen LogP contribution in [0.2, 0.25) is 0 Å². The molecule has 0 spiro atoms. The fourth-order valence-electron chi connectivity index (χ4n) is 3.15. The van der Waals surface area contributed by atoms with Gasteiger partial charge in [0.1, 0.15) is 5.75 Å². The van der Waals surface area contributed by atoms with Crippen molar-refractivity contribution in [1.29, 1.82) is 0 Å². The number of hydrogen-bond donors (Lipinski definition) is 2. The van der Waals surface area contributed by atoms with E-state index in [1.54, 1.807) is 42.5 Å². The molecule has 0 radical (unpaired) electrons. The van der Waals surface area contributed by atoms with Crippen molar-refractivity contribution in [3.8, 4) is 5.75 Å². The molecule has 0 saturated carbocycles. The molecule has 0 saturated heterocycles. The second-order valence-electron chi connectivity index (χ2n) is 7.50. The first-order chi connectivity index (χ1) is 14.7. The van der Waals surface area contributed by atoms with E-state index in [1.165, 1.54) is 0 Å². The fraction of sp³-hybridized carbons (Fsp3) is 0.286. The van der Waals surface area contributed by atoms with Crippen LogP contribution in [0.3, 0.4) is 0 Å². The minimum atomic E-state index is -0.955. The third kappa shape index (κ3) is 6.10. The number of para-hydroxylation sites is 1. The van der Waals surface area contributed by atoms with E-state index in [0.717, 1.165) is 4.47 Å². The average molecular weight is 552 g/mol. The Bertz CT molecular complexity index is 1000. The molecule has 0 unspecified atom stereocenters. The SMILES string of the molecule is CC(C)C[C@H](NC(=O)CNC(=O)c1cc(Br)ccc1Br)B1OC(=O)c2ccccc2O1. The van der Waals surface area contributed by atoms with Gasteiger partial charge in [-0.05, 0) is 58.6 Å². The molecule has 1 atom stereocenters. The molecule has 0 bridgehead atoms. The summed E-state index contributed by atoms with van der Waals surface area (Å²) in [4.78, 5) is 37.3. The van der Waals surface area contributed by atoms with E-state index >= 15 is 0 Å². The number of carbonyl (C=O) groups is 3. The number of fused-ring (bicyclic) bond motifs is 1. The molecule has 1 aliphatic heterocycles. The monoisotopic (exact) mass is 550 g/mol. The number of carbonyl (C=O) groups excluding carboxylic acids is 3. The molecule has 3 rings (SSSR count). The Labute approximate surface area is 197 Å². The topological polar surface area (TPSA) is 93.7 Å². The van der Waals surface area contributed by atoms with Crippen LogP contribution in [-0.4, -0.2) is 37.4 Å². The van der Waals surface area contributed by atoms with E-state index in [-0.39, 0.29) is 12.5 Å². The molecule has 2 N–H and O–H groups in total. The predicted octanol–water partition coefficient (Wildman–Crippen LogP) is 3.75. The van der Waals surface area contributed by atoms with Crippen molar-refractivity contribution < 1.29 is 23.7 Å². The van der Waals surface area contributed by atoms with Crippen molar-refractivity contribution in [2.75, 3.05) is 6.54 Å². The van der Waals surface area contributed by atoms with E-state index in [0.29, 0.717) is 27.8 Å². The summed E-state index contributed by atoms with van der Waals surface area (Å²) in [6.45, 7) is 3.75. The summed E-state index contributed by atoms with van der Waals surface area (Å²) in [5, 5.41) is 5.43. The first-order valence-electron chi connectivity index (χ1n) is 9.74. The van der Waals surface area contributed by atoms with E-state index in [9.17, 15) is 14.4 Å². The molecule has 2 amide bonds. The van der Waals surface area contributed by atoms with Gasteiger partial charge in [0, 0.05) is 8.95 Å². The van der Waals surface area contributed by atoms with Gasteiger partial charge in [0.15, 0.2) is 0 Å². The molecular formula is C21H21BBr2N2O5. The van der Waals surface area contributed by atoms with Gasteiger partial charge >= 0.3 is 13.1 Å². The summed E-state index contributed by atoms with van der Waals surface area (Å²) in [6.07, 6.45) is 0.525. The molecule has 0 fully saturated rings. The van der Waals surface area contributed by atoms with Gasteiger partial charge in [-0.3, -0.25) is 9.59 Å². The quantitative estimate of drug-likeness (QED) is 0.511. The van der Waals surface area contributed by atoms with Crippen LogP contribution in [0.1, 0.15) is 41.0 Å². The average Bonchev–Trinajstić information content (AvgIpc) is 2.73. The summed E-state index contributed by atoms with van der Waals surface area (Å²) >= 11 is 6.65. The molecule has 7 nitrogen and oxygen atoms in total. The Morgan fingerprint density at radius 1 is 1.10 bits per heavy atom. The van der Waals surface area contributed by atoms with Gasteiger partial charge < -0.3 is 19.9 Å². The summed E-state index contributed by atoms with van der Waals surface area (Å²) in [7, 11) is -0.955. The van der Waals surface area contributed by atoms with Gasteiger partial charge in [0.2, 0.25) is 5.91 Å². The van der Waals surface area contributed by atoms with E-state index in [2.05, 4.69) is 42.5 Å². The van der Waals surface area contributed by atoms with Crippen molar-refractivity contribution >= 4 is 56.8 Å². The smallest absolute Gasteiger partial charge is 0.524 e. The second kappa shape index (κ2) is 10.3. The van der Waals surface area contributed by atoms with Crippen LogP contribution in [-0.2, 0) is 9.45 Å². The number of hydrogen-bond acceptors (Lipinski definition) is 5. The van der Waals surface area contributed by atoms with Gasteiger partial charge in [0.25, 0.3) is 5.91 Å². The van der Waals surface area contributed by atoms with Gasteiger partial charge in [-0.15, -0.1) is 0 Å². The lowest BCUT2D eigenvalue weighted by atomic mass is 9.72. The zero-order chi connectivity index (χ0) is 22.5. The zero-order valence-corrected chi connectivity index (χ0v) is 20.2. The highest BCUT2D eigenvalue weighted by Crippen LogP contribution is 2.26. The number of nitrogens with one attached hydrogen (secondary N) is 2. The summed E-state index contributed by atoms with van der Waals surface area (Å²) in [5.41, 5.74) is 0.752. The molecule has 31 heavy (non-hydrogen) atoms. The summed E-state index contributed by atoms with van der Waals surface area (Å²) in [5.74, 6) is -1.25. The highest BCUT2D eigenvalue weighted by molar-refractivity contribution is 9.11. The molecule has 0 aliphatic carbocycles. The van der Waals surface area contributed by atoms with Crippen molar-refractivity contribution in [3.63, 3.8) is 0 Å². The lowest BCUT2D eigenvalue weighted by Gasteiger charge is -2.29. The summed E-state index contributed by atoms with van der Waals surface area (Å²) in [6, 6.07) is 12.0. The van der Waals surface area contributed by atoms with E-state index < -0.39 is 30.8 Å². The highest BCUT2D eigenvalue weighted by Gasteiger charge is 2.42. The molecule has 0 aromatic heterocycles. The zero-order valence-electron chi connectivity index (χ0n) is 17.0. The van der Waals surface area contributed by atoms with Crippen LogP contribution >= 0.6 is 31.9 Å². The maximum Gasteiger partial charge on any atom is 0.620 e. The van der Waals surface area contributed by atoms with Crippen LogP contribution in [0.15, 0.2) is 51.4 Å². The Kier molecular flexibility index (Phi) is 7.77. The Balaban J connectivity index is 1.64. The fourth-order valence-corrected chi connectivity index (χ4v) is 3.94. The molecule has 2 aromatic carbocycles. The Morgan fingerprint density at radius 3 is 2.58 bits per heavy atom. The Morgan fingerprint density at radius 2 is 1.84 bits per heavy atom. The van der Waals surface area contributed by atoms with Crippen LogP contribution in [0.25, 0.3) is 0 Å². The number of rotatable bonds is 7. The largest absolute Gasteiger partial charge is 0.620 e.